The number of thioether (sulfide) groups is 1. The fraction of sp³-hybridized carbons (Fsp3) is 0.500. The second-order valence-corrected chi connectivity index (χ2v) is 6.21. The zero-order chi connectivity index (χ0) is 11.5. The summed E-state index contributed by atoms with van der Waals surface area (Å²) >= 11 is 9.13. The summed E-state index contributed by atoms with van der Waals surface area (Å²) in [5.41, 5.74) is 0. The number of hydrogen-bond donors (Lipinski definition) is 1. The summed E-state index contributed by atoms with van der Waals surface area (Å²) in [5.74, 6) is 0.583. The van der Waals surface area contributed by atoms with E-state index < -0.39 is 0 Å². The van der Waals surface area contributed by atoms with Crippen molar-refractivity contribution in [3.8, 4) is 0 Å². The van der Waals surface area contributed by atoms with Crippen LogP contribution < -0.4 is 5.32 Å². The van der Waals surface area contributed by atoms with E-state index in [1.807, 2.05) is 19.1 Å². The maximum atomic E-state index is 11.5. The van der Waals surface area contributed by atoms with Gasteiger partial charge < -0.3 is 4.74 Å². The van der Waals surface area contributed by atoms with Crippen molar-refractivity contribution in [3.05, 3.63) is 21.3 Å². The van der Waals surface area contributed by atoms with Crippen LogP contribution in [0.1, 0.15) is 17.2 Å². The van der Waals surface area contributed by atoms with Gasteiger partial charge in [-0.1, -0.05) is 11.6 Å². The van der Waals surface area contributed by atoms with Crippen molar-refractivity contribution in [1.29, 1.82) is 0 Å². The zero-order valence-corrected chi connectivity index (χ0v) is 11.1. The number of halogens is 1. The third kappa shape index (κ3) is 2.71. The van der Waals surface area contributed by atoms with Crippen LogP contribution in [0.2, 0.25) is 4.34 Å². The van der Waals surface area contributed by atoms with Crippen LogP contribution in [-0.4, -0.2) is 24.4 Å². The number of hydrogen-bond acceptors (Lipinski definition) is 5. The first-order chi connectivity index (χ1) is 7.70. The van der Waals surface area contributed by atoms with Gasteiger partial charge in [-0.15, -0.1) is 23.1 Å². The molecule has 2 atom stereocenters. The predicted octanol–water partition coefficient (Wildman–Crippen LogP) is 2.67. The van der Waals surface area contributed by atoms with Crippen LogP contribution in [0.15, 0.2) is 12.1 Å². The molecular formula is C10H12ClNO2S2. The van der Waals surface area contributed by atoms with Crippen molar-refractivity contribution >= 4 is 40.7 Å². The van der Waals surface area contributed by atoms with E-state index in [-0.39, 0.29) is 17.4 Å². The van der Waals surface area contributed by atoms with Crippen LogP contribution in [-0.2, 0) is 9.53 Å². The molecule has 1 fully saturated rings. The van der Waals surface area contributed by atoms with E-state index in [1.165, 1.54) is 0 Å². The maximum Gasteiger partial charge on any atom is 0.324 e. The van der Waals surface area contributed by atoms with E-state index in [1.54, 1.807) is 23.1 Å². The smallest absolute Gasteiger partial charge is 0.324 e. The highest BCUT2D eigenvalue weighted by molar-refractivity contribution is 7.99. The zero-order valence-electron chi connectivity index (χ0n) is 8.73. The van der Waals surface area contributed by atoms with Crippen molar-refractivity contribution in [1.82, 2.24) is 5.32 Å². The normalized spacial score (nSPS) is 24.6. The van der Waals surface area contributed by atoms with E-state index in [0.29, 0.717) is 6.61 Å². The van der Waals surface area contributed by atoms with Crippen molar-refractivity contribution in [3.63, 3.8) is 0 Å². The summed E-state index contributed by atoms with van der Waals surface area (Å²) in [5, 5.41) is 3.40. The van der Waals surface area contributed by atoms with Gasteiger partial charge in [0, 0.05) is 10.6 Å². The summed E-state index contributed by atoms with van der Waals surface area (Å²) in [4.78, 5) is 12.7. The lowest BCUT2D eigenvalue weighted by molar-refractivity contribution is -0.144. The highest BCUT2D eigenvalue weighted by atomic mass is 35.5. The van der Waals surface area contributed by atoms with Crippen LogP contribution in [0, 0.1) is 0 Å². The molecule has 0 radical (unpaired) electrons. The van der Waals surface area contributed by atoms with Gasteiger partial charge in [-0.3, -0.25) is 10.1 Å². The Morgan fingerprint density at radius 2 is 2.50 bits per heavy atom. The Morgan fingerprint density at radius 3 is 3.12 bits per heavy atom. The van der Waals surface area contributed by atoms with Gasteiger partial charge in [0.15, 0.2) is 0 Å². The third-order valence-electron chi connectivity index (χ3n) is 2.21. The molecule has 0 bridgehead atoms. The minimum atomic E-state index is -0.198. The number of nitrogens with one attached hydrogen (secondary N) is 1. The number of rotatable bonds is 3. The van der Waals surface area contributed by atoms with Gasteiger partial charge in [-0.05, 0) is 19.1 Å². The molecule has 0 saturated carbocycles. The molecule has 1 aromatic heterocycles. The Labute approximate surface area is 108 Å². The Hall–Kier alpha value is -0.230. The van der Waals surface area contributed by atoms with Gasteiger partial charge in [-0.25, -0.2) is 0 Å². The van der Waals surface area contributed by atoms with Crippen LogP contribution in [0.4, 0.5) is 0 Å². The van der Waals surface area contributed by atoms with Crippen LogP contribution >= 0.6 is 34.7 Å². The molecule has 88 valence electrons. The first-order valence-electron chi connectivity index (χ1n) is 5.00. The van der Waals surface area contributed by atoms with Gasteiger partial charge in [0.05, 0.1) is 16.3 Å². The van der Waals surface area contributed by atoms with Gasteiger partial charge in [0.25, 0.3) is 0 Å². The van der Waals surface area contributed by atoms with E-state index >= 15 is 0 Å². The van der Waals surface area contributed by atoms with Gasteiger partial charge in [0.1, 0.15) is 6.04 Å². The molecule has 1 saturated heterocycles. The molecule has 6 heteroatoms. The summed E-state index contributed by atoms with van der Waals surface area (Å²) in [6.07, 6.45) is 0. The van der Waals surface area contributed by atoms with Crippen molar-refractivity contribution < 1.29 is 9.53 Å². The third-order valence-corrected chi connectivity index (χ3v) is 4.90. The lowest BCUT2D eigenvalue weighted by Gasteiger charge is -2.10. The molecule has 2 rings (SSSR count). The summed E-state index contributed by atoms with van der Waals surface area (Å²) in [6.45, 7) is 2.24. The Balaban J connectivity index is 1.95. The van der Waals surface area contributed by atoms with Crippen molar-refractivity contribution in [2.75, 3.05) is 12.4 Å². The number of carbonyl (C=O) groups excluding carboxylic acids is 1. The molecular weight excluding hydrogens is 266 g/mol. The quantitative estimate of drug-likeness (QED) is 0.862. The fourth-order valence-corrected chi connectivity index (χ4v) is 3.96. The molecule has 2 heterocycles. The minimum Gasteiger partial charge on any atom is -0.465 e. The predicted molar refractivity (Wildman–Crippen MR) is 68.1 cm³/mol. The second kappa shape index (κ2) is 5.40. The molecule has 16 heavy (non-hydrogen) atoms. The lowest BCUT2D eigenvalue weighted by atomic mass is 10.3. The number of ether oxygens (including phenoxy) is 1. The van der Waals surface area contributed by atoms with E-state index in [0.717, 1.165) is 15.0 Å². The molecule has 0 spiro atoms. The molecule has 0 aromatic carbocycles. The molecule has 1 aliphatic rings. The van der Waals surface area contributed by atoms with E-state index in [9.17, 15) is 4.79 Å². The largest absolute Gasteiger partial charge is 0.465 e. The van der Waals surface area contributed by atoms with Gasteiger partial charge >= 0.3 is 5.97 Å². The Morgan fingerprint density at radius 1 is 1.69 bits per heavy atom. The monoisotopic (exact) mass is 277 g/mol. The molecule has 0 aliphatic carbocycles. The van der Waals surface area contributed by atoms with Crippen molar-refractivity contribution in [2.45, 2.75) is 18.3 Å². The number of carbonyl (C=O) groups is 1. The highest BCUT2D eigenvalue weighted by Crippen LogP contribution is 2.37. The first kappa shape index (κ1) is 12.2. The standard InChI is InChI=1S/C10H12ClNO2S2/c1-2-14-10(13)6-5-15-9(12-6)7-3-4-8(11)16-7/h3-4,6,9,12H,2,5H2,1H3. The summed E-state index contributed by atoms with van der Waals surface area (Å²) < 4.78 is 5.75. The fourth-order valence-electron chi connectivity index (χ4n) is 1.48. The Kier molecular flexibility index (Phi) is 4.13. The second-order valence-electron chi connectivity index (χ2n) is 3.33. The summed E-state index contributed by atoms with van der Waals surface area (Å²) in [6, 6.07) is 3.67. The van der Waals surface area contributed by atoms with Crippen molar-refractivity contribution in [2.24, 2.45) is 0 Å². The topological polar surface area (TPSA) is 38.3 Å². The molecule has 1 aliphatic heterocycles. The number of thiophene rings is 1. The molecule has 1 N–H and O–H groups in total. The molecule has 0 amide bonds. The van der Waals surface area contributed by atoms with Crippen LogP contribution in [0.3, 0.4) is 0 Å². The SMILES string of the molecule is CCOC(=O)C1CSC(c2ccc(Cl)s2)N1. The maximum absolute atomic E-state index is 11.5. The number of esters is 1. The van der Waals surface area contributed by atoms with Crippen LogP contribution in [0.5, 0.6) is 0 Å². The molecule has 3 nitrogen and oxygen atoms in total. The van der Waals surface area contributed by atoms with Gasteiger partial charge in [0.2, 0.25) is 0 Å². The van der Waals surface area contributed by atoms with E-state index in [2.05, 4.69) is 5.32 Å². The highest BCUT2D eigenvalue weighted by Gasteiger charge is 2.32. The molecule has 2 unspecified atom stereocenters. The van der Waals surface area contributed by atoms with Crippen LogP contribution in [0.25, 0.3) is 0 Å². The minimum absolute atomic E-state index is 0.159. The Bertz CT molecular complexity index is 383. The summed E-state index contributed by atoms with van der Waals surface area (Å²) in [7, 11) is 0. The average Bonchev–Trinajstić information content (AvgIpc) is 2.85. The first-order valence-corrected chi connectivity index (χ1v) is 7.24. The average molecular weight is 278 g/mol. The van der Waals surface area contributed by atoms with Gasteiger partial charge in [-0.2, -0.15) is 0 Å². The lowest BCUT2D eigenvalue weighted by Crippen LogP contribution is -2.35. The van der Waals surface area contributed by atoms with E-state index in [4.69, 9.17) is 16.3 Å². The molecule has 1 aromatic rings.